The number of carbonyl (C=O) groups is 2. The fraction of sp³-hybridized carbons (Fsp3) is 0.800. The lowest BCUT2D eigenvalue weighted by Gasteiger charge is -2.38. The van der Waals surface area contributed by atoms with Gasteiger partial charge in [-0.2, -0.15) is 12.6 Å². The highest BCUT2D eigenvalue weighted by molar-refractivity contribution is 7.80. The van der Waals surface area contributed by atoms with Crippen molar-refractivity contribution in [3.63, 3.8) is 0 Å². The average Bonchev–Trinajstić information content (AvgIpc) is 2.26. The Bertz CT molecular complexity index is 278. The molecule has 0 aromatic heterocycles. The zero-order chi connectivity index (χ0) is 12.2. The van der Waals surface area contributed by atoms with E-state index in [0.29, 0.717) is 13.0 Å². The van der Waals surface area contributed by atoms with Crippen molar-refractivity contribution in [3.05, 3.63) is 0 Å². The Hall–Kier alpha value is -0.750. The van der Waals surface area contributed by atoms with Crippen LogP contribution in [0.1, 0.15) is 26.2 Å². The Kier molecular flexibility index (Phi) is 4.61. The Morgan fingerprint density at radius 1 is 1.56 bits per heavy atom. The molecule has 1 unspecified atom stereocenters. The van der Waals surface area contributed by atoms with Crippen molar-refractivity contribution < 1.29 is 19.4 Å². The van der Waals surface area contributed by atoms with E-state index in [2.05, 4.69) is 17.9 Å². The third-order valence-electron chi connectivity index (χ3n) is 2.76. The van der Waals surface area contributed by atoms with E-state index in [1.807, 2.05) is 0 Å². The lowest BCUT2D eigenvalue weighted by molar-refractivity contribution is -0.156. The molecule has 1 aliphatic rings. The van der Waals surface area contributed by atoms with Crippen LogP contribution in [0.3, 0.4) is 0 Å². The van der Waals surface area contributed by atoms with Gasteiger partial charge in [0.1, 0.15) is 0 Å². The number of amides is 1. The van der Waals surface area contributed by atoms with Gasteiger partial charge in [-0.15, -0.1) is 0 Å². The van der Waals surface area contributed by atoms with Crippen LogP contribution in [0.25, 0.3) is 0 Å². The van der Waals surface area contributed by atoms with Crippen LogP contribution in [0.4, 0.5) is 0 Å². The summed E-state index contributed by atoms with van der Waals surface area (Å²) in [5.74, 6) is -1.46. The molecule has 1 heterocycles. The van der Waals surface area contributed by atoms with Crippen LogP contribution < -0.4 is 5.32 Å². The molecule has 2 atom stereocenters. The largest absolute Gasteiger partial charge is 0.479 e. The Labute approximate surface area is 100.0 Å². The number of carboxylic acid groups (broad SMARTS) is 1. The lowest BCUT2D eigenvalue weighted by Crippen LogP contribution is -2.64. The van der Waals surface area contributed by atoms with Gasteiger partial charge in [0.2, 0.25) is 5.91 Å². The zero-order valence-electron chi connectivity index (χ0n) is 9.23. The molecule has 1 saturated heterocycles. The Morgan fingerprint density at radius 3 is 2.62 bits per heavy atom. The summed E-state index contributed by atoms with van der Waals surface area (Å²) in [5, 5.41) is 11.8. The highest BCUT2D eigenvalue weighted by Gasteiger charge is 2.47. The molecule has 16 heavy (non-hydrogen) atoms. The van der Waals surface area contributed by atoms with Crippen molar-refractivity contribution in [2.24, 2.45) is 0 Å². The van der Waals surface area contributed by atoms with E-state index >= 15 is 0 Å². The third-order valence-corrected chi connectivity index (χ3v) is 3.26. The van der Waals surface area contributed by atoms with Crippen molar-refractivity contribution in [1.29, 1.82) is 0 Å². The molecule has 2 N–H and O–H groups in total. The molecule has 1 rings (SSSR count). The van der Waals surface area contributed by atoms with Crippen LogP contribution >= 0.6 is 12.6 Å². The van der Waals surface area contributed by atoms with E-state index < -0.39 is 17.6 Å². The van der Waals surface area contributed by atoms with Crippen molar-refractivity contribution in [1.82, 2.24) is 5.32 Å². The fourth-order valence-electron chi connectivity index (χ4n) is 1.92. The second-order valence-corrected chi connectivity index (χ2v) is 4.29. The molecule has 1 fully saturated rings. The topological polar surface area (TPSA) is 75.6 Å². The first kappa shape index (κ1) is 13.3. The molecule has 0 aliphatic carbocycles. The van der Waals surface area contributed by atoms with Crippen LogP contribution in [0.5, 0.6) is 0 Å². The molecule has 0 aromatic carbocycles. The van der Waals surface area contributed by atoms with E-state index in [1.165, 1.54) is 6.92 Å². The maximum absolute atomic E-state index is 11.3. The minimum Gasteiger partial charge on any atom is -0.479 e. The standard InChI is InChI=1S/C10H17NO4S/c1-7(12)11-10(6-16,9(13)14)8-4-2-3-5-15-8/h8,16H,2-6H2,1H3,(H,11,12)(H,13,14)/t8?,10-/m1/s1. The quantitative estimate of drug-likeness (QED) is 0.630. The summed E-state index contributed by atoms with van der Waals surface area (Å²) in [5.41, 5.74) is -1.41. The second kappa shape index (κ2) is 5.54. The van der Waals surface area contributed by atoms with E-state index in [-0.39, 0.29) is 11.7 Å². The van der Waals surface area contributed by atoms with Gasteiger partial charge in [0.25, 0.3) is 0 Å². The number of nitrogens with one attached hydrogen (secondary N) is 1. The molecule has 0 bridgehead atoms. The van der Waals surface area contributed by atoms with Gasteiger partial charge >= 0.3 is 5.97 Å². The first-order chi connectivity index (χ1) is 7.53. The highest BCUT2D eigenvalue weighted by atomic mass is 32.1. The second-order valence-electron chi connectivity index (χ2n) is 3.97. The third kappa shape index (κ3) is 2.68. The van der Waals surface area contributed by atoms with E-state index in [0.717, 1.165) is 12.8 Å². The zero-order valence-corrected chi connectivity index (χ0v) is 10.1. The molecular weight excluding hydrogens is 230 g/mol. The summed E-state index contributed by atoms with van der Waals surface area (Å²) >= 11 is 4.05. The molecule has 0 aromatic rings. The fourth-order valence-corrected chi connectivity index (χ4v) is 2.34. The minimum absolute atomic E-state index is 0.0204. The van der Waals surface area contributed by atoms with Gasteiger partial charge in [-0.25, -0.2) is 4.79 Å². The van der Waals surface area contributed by atoms with Crippen LogP contribution in [0.15, 0.2) is 0 Å². The first-order valence-corrected chi connectivity index (χ1v) is 5.91. The lowest BCUT2D eigenvalue weighted by atomic mass is 9.89. The minimum atomic E-state index is -1.41. The number of thiol groups is 1. The van der Waals surface area contributed by atoms with Gasteiger partial charge in [0, 0.05) is 19.3 Å². The maximum Gasteiger partial charge on any atom is 0.333 e. The van der Waals surface area contributed by atoms with Crippen molar-refractivity contribution in [3.8, 4) is 0 Å². The number of ether oxygens (including phenoxy) is 1. The van der Waals surface area contributed by atoms with Crippen LogP contribution in [-0.2, 0) is 14.3 Å². The number of rotatable bonds is 4. The van der Waals surface area contributed by atoms with Gasteiger partial charge in [0.15, 0.2) is 5.54 Å². The smallest absolute Gasteiger partial charge is 0.333 e. The molecule has 1 amide bonds. The molecule has 5 nitrogen and oxygen atoms in total. The summed E-state index contributed by atoms with van der Waals surface area (Å²) < 4.78 is 5.45. The van der Waals surface area contributed by atoms with E-state index in [9.17, 15) is 14.7 Å². The summed E-state index contributed by atoms with van der Waals surface area (Å²) in [6.07, 6.45) is 1.97. The Balaban J connectivity index is 2.90. The normalized spacial score (nSPS) is 24.5. The predicted octanol–water partition coefficient (Wildman–Crippen LogP) is 0.445. The SMILES string of the molecule is CC(=O)N[C@@](CS)(C(=O)O)C1CCCCO1. The highest BCUT2D eigenvalue weighted by Crippen LogP contribution is 2.25. The molecule has 6 heteroatoms. The van der Waals surface area contributed by atoms with Crippen LogP contribution in [0.2, 0.25) is 0 Å². The van der Waals surface area contributed by atoms with E-state index in [4.69, 9.17) is 4.74 Å². The molecule has 92 valence electrons. The van der Waals surface area contributed by atoms with Crippen molar-refractivity contribution in [2.75, 3.05) is 12.4 Å². The van der Waals surface area contributed by atoms with Gasteiger partial charge in [-0.05, 0) is 19.3 Å². The molecule has 0 saturated carbocycles. The number of hydrogen-bond donors (Lipinski definition) is 3. The van der Waals surface area contributed by atoms with Crippen molar-refractivity contribution >= 4 is 24.5 Å². The summed E-state index contributed by atoms with van der Waals surface area (Å²) in [6.45, 7) is 1.83. The molecule has 0 radical (unpaired) electrons. The molecular formula is C10H17NO4S. The van der Waals surface area contributed by atoms with Crippen molar-refractivity contribution in [2.45, 2.75) is 37.8 Å². The van der Waals surface area contributed by atoms with Gasteiger partial charge < -0.3 is 15.2 Å². The van der Waals surface area contributed by atoms with Crippen LogP contribution in [-0.4, -0.2) is 41.0 Å². The van der Waals surface area contributed by atoms with Gasteiger partial charge in [0.05, 0.1) is 6.10 Å². The number of hydrogen-bond acceptors (Lipinski definition) is 4. The van der Waals surface area contributed by atoms with Gasteiger partial charge in [-0.1, -0.05) is 0 Å². The number of aliphatic carboxylic acids is 1. The van der Waals surface area contributed by atoms with Crippen LogP contribution in [0, 0.1) is 0 Å². The average molecular weight is 247 g/mol. The first-order valence-electron chi connectivity index (χ1n) is 5.27. The summed E-state index contributed by atoms with van der Waals surface area (Å²) in [7, 11) is 0. The predicted molar refractivity (Wildman–Crippen MR) is 61.6 cm³/mol. The molecule has 0 spiro atoms. The van der Waals surface area contributed by atoms with Gasteiger partial charge in [-0.3, -0.25) is 4.79 Å². The van der Waals surface area contributed by atoms with E-state index in [1.54, 1.807) is 0 Å². The Morgan fingerprint density at radius 2 is 2.25 bits per heavy atom. The monoisotopic (exact) mass is 247 g/mol. The maximum atomic E-state index is 11.3. The molecule has 1 aliphatic heterocycles. The summed E-state index contributed by atoms with van der Waals surface area (Å²) in [6, 6.07) is 0. The number of carboxylic acids is 1. The number of carbonyl (C=O) groups excluding carboxylic acids is 1. The summed E-state index contributed by atoms with van der Waals surface area (Å²) in [4.78, 5) is 22.4.